The molecule has 1 aromatic heterocycles. The summed E-state index contributed by atoms with van der Waals surface area (Å²) in [7, 11) is 1.68. The second-order valence-electron chi connectivity index (χ2n) is 7.21. The van der Waals surface area contributed by atoms with Crippen molar-refractivity contribution in [3.05, 3.63) is 80.4 Å². The van der Waals surface area contributed by atoms with Crippen LogP contribution in [0.5, 0.6) is 0 Å². The van der Waals surface area contributed by atoms with Crippen LogP contribution in [0.25, 0.3) is 11.4 Å². The summed E-state index contributed by atoms with van der Waals surface area (Å²) >= 11 is 1.59. The van der Waals surface area contributed by atoms with Gasteiger partial charge in [-0.2, -0.15) is 18.2 Å². The fourth-order valence-electron chi connectivity index (χ4n) is 3.25. The molecule has 0 radical (unpaired) electrons. The van der Waals surface area contributed by atoms with E-state index in [-0.39, 0.29) is 17.2 Å². The number of alkyl halides is 3. The molecule has 0 saturated carbocycles. The summed E-state index contributed by atoms with van der Waals surface area (Å²) in [4.78, 5) is 30.4. The highest BCUT2D eigenvalue weighted by atomic mass is 32.2. The van der Waals surface area contributed by atoms with Crippen LogP contribution < -0.4 is 21.1 Å². The van der Waals surface area contributed by atoms with Gasteiger partial charge in [0.2, 0.25) is 5.82 Å². The predicted octanol–water partition coefficient (Wildman–Crippen LogP) is 4.45. The van der Waals surface area contributed by atoms with Gasteiger partial charge < -0.3 is 14.7 Å². The molecule has 33 heavy (non-hydrogen) atoms. The van der Waals surface area contributed by atoms with E-state index in [1.165, 1.54) is 0 Å². The Hall–Kier alpha value is -3.60. The first-order valence-corrected chi connectivity index (χ1v) is 10.9. The number of aromatic nitrogens is 2. The minimum atomic E-state index is -4.71. The van der Waals surface area contributed by atoms with Crippen LogP contribution in [0.3, 0.4) is 0 Å². The summed E-state index contributed by atoms with van der Waals surface area (Å²) in [6.07, 6.45) is -2.75. The molecule has 1 heterocycles. The quantitative estimate of drug-likeness (QED) is 0.310. The van der Waals surface area contributed by atoms with Crippen LogP contribution in [-0.4, -0.2) is 23.4 Å². The fourth-order valence-corrected chi connectivity index (χ4v) is 3.65. The molecule has 4 aromatic rings. The standard InChI is InChI=1S/C22H17F3N4O3S/c1-29(17-16(18(30)19(17)31)26-14-7-9-15(33-2)10-8-14)11-12-3-5-13(6-4-12)20-27-21(32-28-20)22(23,24)25/h3-10,26H,11H2,1-2H3. The Balaban J connectivity index is 1.48. The molecule has 11 heteroatoms. The third-order valence-corrected chi connectivity index (χ3v) is 5.67. The van der Waals surface area contributed by atoms with Gasteiger partial charge in [0, 0.05) is 29.7 Å². The lowest BCUT2D eigenvalue weighted by atomic mass is 10.1. The molecule has 0 aliphatic carbocycles. The van der Waals surface area contributed by atoms with E-state index < -0.39 is 22.9 Å². The van der Waals surface area contributed by atoms with E-state index in [0.29, 0.717) is 17.8 Å². The maximum atomic E-state index is 12.6. The Bertz CT molecular complexity index is 1340. The van der Waals surface area contributed by atoms with E-state index in [0.717, 1.165) is 10.5 Å². The van der Waals surface area contributed by atoms with Crippen LogP contribution in [0.2, 0.25) is 0 Å². The van der Waals surface area contributed by atoms with Crippen molar-refractivity contribution in [3.63, 3.8) is 0 Å². The van der Waals surface area contributed by atoms with Crippen molar-refractivity contribution < 1.29 is 17.7 Å². The maximum Gasteiger partial charge on any atom is 0.471 e. The average Bonchev–Trinajstić information content (AvgIpc) is 3.30. The number of thioether (sulfide) groups is 1. The molecule has 0 unspecified atom stereocenters. The third-order valence-electron chi connectivity index (χ3n) is 4.93. The second-order valence-corrected chi connectivity index (χ2v) is 8.09. The molecule has 0 saturated heterocycles. The number of rotatable bonds is 7. The summed E-state index contributed by atoms with van der Waals surface area (Å²) in [5.41, 5.74) is 1.14. The molecule has 1 N–H and O–H groups in total. The molecule has 0 aliphatic rings. The van der Waals surface area contributed by atoms with Gasteiger partial charge in [-0.05, 0) is 36.1 Å². The van der Waals surface area contributed by atoms with Crippen LogP contribution in [0, 0.1) is 0 Å². The van der Waals surface area contributed by atoms with Crippen molar-refractivity contribution in [2.75, 3.05) is 23.5 Å². The molecule has 170 valence electrons. The molecule has 0 bridgehead atoms. The van der Waals surface area contributed by atoms with Gasteiger partial charge in [0.05, 0.1) is 0 Å². The van der Waals surface area contributed by atoms with Crippen molar-refractivity contribution in [1.82, 2.24) is 10.1 Å². The highest BCUT2D eigenvalue weighted by molar-refractivity contribution is 7.98. The first-order valence-electron chi connectivity index (χ1n) is 9.63. The Kier molecular flexibility index (Phi) is 5.98. The number of anilines is 3. The van der Waals surface area contributed by atoms with Crippen LogP contribution in [0.15, 0.2) is 67.5 Å². The van der Waals surface area contributed by atoms with E-state index in [2.05, 4.69) is 20.0 Å². The van der Waals surface area contributed by atoms with Gasteiger partial charge in [0.1, 0.15) is 11.4 Å². The normalized spacial score (nSPS) is 11.7. The van der Waals surface area contributed by atoms with Gasteiger partial charge in [-0.3, -0.25) is 9.59 Å². The van der Waals surface area contributed by atoms with E-state index in [9.17, 15) is 22.8 Å². The van der Waals surface area contributed by atoms with Crippen molar-refractivity contribution in [1.29, 1.82) is 0 Å². The number of benzene rings is 2. The second kappa shape index (κ2) is 8.74. The van der Waals surface area contributed by atoms with E-state index in [1.807, 2.05) is 30.5 Å². The molecule has 0 amide bonds. The first kappa shape index (κ1) is 22.6. The monoisotopic (exact) mass is 474 g/mol. The molecule has 0 spiro atoms. The third kappa shape index (κ3) is 4.63. The lowest BCUT2D eigenvalue weighted by Gasteiger charge is -2.24. The maximum absolute atomic E-state index is 12.6. The Morgan fingerprint density at radius 3 is 2.27 bits per heavy atom. The van der Waals surface area contributed by atoms with Gasteiger partial charge in [0.25, 0.3) is 10.9 Å². The molecule has 4 rings (SSSR count). The van der Waals surface area contributed by atoms with Crippen LogP contribution in [0.4, 0.5) is 30.2 Å². The number of nitrogens with one attached hydrogen (secondary N) is 1. The highest BCUT2D eigenvalue weighted by Crippen LogP contribution is 2.30. The summed E-state index contributed by atoms with van der Waals surface area (Å²) in [5.74, 6) is -1.59. The summed E-state index contributed by atoms with van der Waals surface area (Å²) in [6, 6.07) is 13.9. The van der Waals surface area contributed by atoms with Gasteiger partial charge in [-0.15, -0.1) is 11.8 Å². The number of nitrogens with zero attached hydrogens (tertiary/aromatic N) is 3. The summed E-state index contributed by atoms with van der Waals surface area (Å²) in [6.45, 7) is 0.297. The van der Waals surface area contributed by atoms with Gasteiger partial charge >= 0.3 is 12.1 Å². The topological polar surface area (TPSA) is 88.3 Å². The van der Waals surface area contributed by atoms with E-state index in [1.54, 1.807) is 48.0 Å². The van der Waals surface area contributed by atoms with Crippen LogP contribution in [0.1, 0.15) is 11.5 Å². The number of hydrogen-bond acceptors (Lipinski definition) is 8. The first-order chi connectivity index (χ1) is 15.7. The zero-order chi connectivity index (χ0) is 23.8. The van der Waals surface area contributed by atoms with Crippen LogP contribution >= 0.6 is 11.8 Å². The smallest absolute Gasteiger partial charge is 0.365 e. The summed E-state index contributed by atoms with van der Waals surface area (Å²) < 4.78 is 42.2. The van der Waals surface area contributed by atoms with E-state index in [4.69, 9.17) is 0 Å². The van der Waals surface area contributed by atoms with E-state index >= 15 is 0 Å². The molecule has 0 atom stereocenters. The fraction of sp³-hybridized carbons (Fsp3) is 0.182. The van der Waals surface area contributed by atoms with Crippen LogP contribution in [-0.2, 0) is 12.7 Å². The lowest BCUT2D eigenvalue weighted by Crippen LogP contribution is -2.40. The lowest BCUT2D eigenvalue weighted by molar-refractivity contribution is -0.159. The molecule has 3 aromatic carbocycles. The highest BCUT2D eigenvalue weighted by Gasteiger charge is 2.38. The van der Waals surface area contributed by atoms with Gasteiger partial charge in [0.15, 0.2) is 0 Å². The summed E-state index contributed by atoms with van der Waals surface area (Å²) in [5, 5.41) is 6.37. The minimum Gasteiger partial charge on any atom is -0.365 e. The minimum absolute atomic E-state index is 0.177. The molecule has 7 nitrogen and oxygen atoms in total. The average molecular weight is 474 g/mol. The zero-order valence-electron chi connectivity index (χ0n) is 17.4. The number of hydrogen-bond donors (Lipinski definition) is 1. The SMILES string of the molecule is CSc1ccc(Nc2c(N(C)Cc3ccc(-c4noc(C(F)(F)F)n4)cc3)c(=O)c2=O)cc1. The Morgan fingerprint density at radius 2 is 1.70 bits per heavy atom. The Labute approximate surface area is 189 Å². The largest absolute Gasteiger partial charge is 0.471 e. The molecule has 0 fully saturated rings. The van der Waals surface area contributed by atoms with Crippen molar-refractivity contribution in [2.24, 2.45) is 0 Å². The van der Waals surface area contributed by atoms with Gasteiger partial charge in [-0.25, -0.2) is 0 Å². The molecular weight excluding hydrogens is 457 g/mol. The number of halogens is 3. The van der Waals surface area contributed by atoms with Crippen molar-refractivity contribution in [3.8, 4) is 11.4 Å². The van der Waals surface area contributed by atoms with Gasteiger partial charge in [-0.1, -0.05) is 29.4 Å². The molecular formula is C22H17F3N4O3S. The zero-order valence-corrected chi connectivity index (χ0v) is 18.3. The Morgan fingerprint density at radius 1 is 1.03 bits per heavy atom. The van der Waals surface area contributed by atoms with Crippen molar-refractivity contribution in [2.45, 2.75) is 17.6 Å². The predicted molar refractivity (Wildman–Crippen MR) is 120 cm³/mol. The van der Waals surface area contributed by atoms with Crippen molar-refractivity contribution >= 4 is 28.8 Å². The molecule has 0 aliphatic heterocycles.